The third-order valence-corrected chi connectivity index (χ3v) is 7.78. The van der Waals surface area contributed by atoms with Gasteiger partial charge in [0.25, 0.3) is 0 Å². The summed E-state index contributed by atoms with van der Waals surface area (Å²) in [6.45, 7) is 10.8. The van der Waals surface area contributed by atoms with E-state index in [1.807, 2.05) is 0 Å². The van der Waals surface area contributed by atoms with Crippen molar-refractivity contribution in [2.45, 2.75) is 26.4 Å². The molecule has 10 heavy (non-hydrogen) atoms. The molecule has 0 aliphatic rings. The van der Waals surface area contributed by atoms with E-state index in [9.17, 15) is 0 Å². The minimum atomic E-state index is -1.24. The van der Waals surface area contributed by atoms with E-state index in [0.29, 0.717) is 0 Å². The average molecular weight is 157 g/mol. The van der Waals surface area contributed by atoms with Crippen LogP contribution in [0.4, 0.5) is 0 Å². The lowest BCUT2D eigenvalue weighted by Gasteiger charge is -2.33. The summed E-state index contributed by atoms with van der Waals surface area (Å²) in [6, 6.07) is 1.26. The van der Waals surface area contributed by atoms with Crippen molar-refractivity contribution < 1.29 is 0 Å². The predicted molar refractivity (Wildman–Crippen MR) is 50.6 cm³/mol. The van der Waals surface area contributed by atoms with Crippen molar-refractivity contribution in [3.63, 3.8) is 0 Å². The van der Waals surface area contributed by atoms with Crippen LogP contribution in [0.25, 0.3) is 0 Å². The van der Waals surface area contributed by atoms with Crippen LogP contribution in [0.2, 0.25) is 12.6 Å². The molecule has 0 N–H and O–H groups in total. The maximum atomic E-state index is 4.04. The van der Waals surface area contributed by atoms with Crippen LogP contribution in [0, 0.1) is 0 Å². The molecule has 0 spiro atoms. The molecule has 0 fully saturated rings. The second-order valence-electron chi connectivity index (χ2n) is 3.30. The smallest absolute Gasteiger partial charge is 0.151 e. The molecule has 0 aromatic rings. The van der Waals surface area contributed by atoms with Gasteiger partial charge in [0.2, 0.25) is 0 Å². The first-order chi connectivity index (χ1) is 4.45. The van der Waals surface area contributed by atoms with E-state index >= 15 is 0 Å². The van der Waals surface area contributed by atoms with Crippen LogP contribution in [-0.4, -0.2) is 26.9 Å². The molecule has 0 saturated carbocycles. The predicted octanol–water partition coefficient (Wildman–Crippen LogP) is 2.26. The van der Waals surface area contributed by atoms with Crippen LogP contribution in [0.5, 0.6) is 0 Å². The monoisotopic (exact) mass is 157 g/mol. The minimum absolute atomic E-state index is 1.24. The van der Waals surface area contributed by atoms with Crippen molar-refractivity contribution in [1.82, 2.24) is 4.57 Å². The zero-order valence-corrected chi connectivity index (χ0v) is 8.86. The molecule has 0 heterocycles. The topological polar surface area (TPSA) is 3.24 Å². The largest absolute Gasteiger partial charge is 0.326 e. The summed E-state index contributed by atoms with van der Waals surface area (Å²) >= 11 is 0. The van der Waals surface area contributed by atoms with Gasteiger partial charge >= 0.3 is 0 Å². The summed E-state index contributed by atoms with van der Waals surface area (Å²) in [5.41, 5.74) is 0. The molecule has 0 rings (SSSR count). The first-order valence-electron chi connectivity index (χ1n) is 3.78. The maximum Gasteiger partial charge on any atom is 0.151 e. The Morgan fingerprint density at radius 3 is 1.90 bits per heavy atom. The molecule has 0 aliphatic heterocycles. The van der Waals surface area contributed by atoms with Crippen molar-refractivity contribution in [1.29, 1.82) is 0 Å². The third kappa shape index (κ3) is 1.70. The van der Waals surface area contributed by atoms with Crippen molar-refractivity contribution in [2.24, 2.45) is 0 Å². The van der Waals surface area contributed by atoms with Gasteiger partial charge in [0.05, 0.1) is 0 Å². The van der Waals surface area contributed by atoms with Gasteiger partial charge in [-0.05, 0) is 27.1 Å². The molecule has 0 aromatic heterocycles. The van der Waals surface area contributed by atoms with Gasteiger partial charge in [0.15, 0.2) is 8.24 Å². The number of hydrogen-bond acceptors (Lipinski definition) is 1. The summed E-state index contributed by atoms with van der Waals surface area (Å²) in [5, 5.41) is 1.38. The van der Waals surface area contributed by atoms with E-state index in [1.165, 1.54) is 11.2 Å². The Hall–Kier alpha value is -0.0831. The second-order valence-corrected chi connectivity index (χ2v) is 8.30. The molecule has 0 radical (unpaired) electrons. The summed E-state index contributed by atoms with van der Waals surface area (Å²) in [7, 11) is 3.08. The molecule has 0 saturated heterocycles. The van der Waals surface area contributed by atoms with Crippen molar-refractivity contribution >= 4 is 8.24 Å². The molecule has 0 bridgehead atoms. The second kappa shape index (κ2) is 3.35. The standard InChI is InChI=1S/C8H19NSi/c1-7-10(6,8(2)3)9(4)5/h2,7H2,1,3-6H3. The lowest BCUT2D eigenvalue weighted by atomic mass is 10.8. The molecular weight excluding hydrogens is 138 g/mol. The zero-order chi connectivity index (χ0) is 8.36. The van der Waals surface area contributed by atoms with E-state index in [2.05, 4.69) is 45.6 Å². The summed E-state index contributed by atoms with van der Waals surface area (Å²) in [4.78, 5) is 0. The third-order valence-electron chi connectivity index (χ3n) is 2.59. The van der Waals surface area contributed by atoms with E-state index < -0.39 is 8.24 Å². The Labute approximate surface area is 65.8 Å². The highest BCUT2D eigenvalue weighted by atomic mass is 28.3. The lowest BCUT2D eigenvalue weighted by Crippen LogP contribution is -2.47. The Morgan fingerprint density at radius 1 is 1.50 bits per heavy atom. The molecule has 1 atom stereocenters. The minimum Gasteiger partial charge on any atom is -0.326 e. The normalized spacial score (nSPS) is 17.0. The Balaban J connectivity index is 4.38. The van der Waals surface area contributed by atoms with Crippen molar-refractivity contribution in [3.05, 3.63) is 11.8 Å². The molecular formula is C8H19NSi. The van der Waals surface area contributed by atoms with Crippen LogP contribution in [0.1, 0.15) is 13.8 Å². The molecule has 60 valence electrons. The lowest BCUT2D eigenvalue weighted by molar-refractivity contribution is 0.620. The Kier molecular flexibility index (Phi) is 3.32. The first-order valence-corrected chi connectivity index (χ1v) is 6.44. The molecule has 2 heteroatoms. The van der Waals surface area contributed by atoms with Gasteiger partial charge < -0.3 is 4.57 Å². The number of nitrogens with zero attached hydrogens (tertiary/aromatic N) is 1. The van der Waals surface area contributed by atoms with Gasteiger partial charge in [-0.2, -0.15) is 0 Å². The zero-order valence-electron chi connectivity index (χ0n) is 7.86. The van der Waals surface area contributed by atoms with Gasteiger partial charge in [-0.25, -0.2) is 0 Å². The molecule has 1 nitrogen and oxygen atoms in total. The van der Waals surface area contributed by atoms with Crippen molar-refractivity contribution in [2.75, 3.05) is 14.1 Å². The molecule has 0 amide bonds. The Morgan fingerprint density at radius 2 is 1.90 bits per heavy atom. The van der Waals surface area contributed by atoms with Crippen molar-refractivity contribution in [3.8, 4) is 0 Å². The van der Waals surface area contributed by atoms with E-state index in [4.69, 9.17) is 0 Å². The van der Waals surface area contributed by atoms with Crippen LogP contribution < -0.4 is 0 Å². The van der Waals surface area contributed by atoms with Gasteiger partial charge in [0, 0.05) is 0 Å². The first kappa shape index (κ1) is 9.92. The molecule has 0 aromatic carbocycles. The van der Waals surface area contributed by atoms with Crippen LogP contribution in [0.15, 0.2) is 11.8 Å². The van der Waals surface area contributed by atoms with Crippen LogP contribution >= 0.6 is 0 Å². The summed E-state index contributed by atoms with van der Waals surface area (Å²) < 4.78 is 2.36. The van der Waals surface area contributed by atoms with Gasteiger partial charge in [-0.3, -0.25) is 0 Å². The fourth-order valence-electron chi connectivity index (χ4n) is 1.000. The SMILES string of the molecule is C=C(C)[Si](C)(CC)N(C)C. The highest BCUT2D eigenvalue weighted by Crippen LogP contribution is 2.19. The number of hydrogen-bond donors (Lipinski definition) is 0. The van der Waals surface area contributed by atoms with E-state index in [-0.39, 0.29) is 0 Å². The van der Waals surface area contributed by atoms with Gasteiger partial charge in [-0.1, -0.05) is 18.7 Å². The van der Waals surface area contributed by atoms with Crippen LogP contribution in [-0.2, 0) is 0 Å². The molecule has 1 unspecified atom stereocenters. The number of allylic oxidation sites excluding steroid dienone is 1. The Bertz CT molecular complexity index is 131. The fourth-order valence-corrected chi connectivity index (χ4v) is 3.00. The highest BCUT2D eigenvalue weighted by molar-refractivity contribution is 6.82. The number of rotatable bonds is 3. The van der Waals surface area contributed by atoms with Crippen LogP contribution in [0.3, 0.4) is 0 Å². The quantitative estimate of drug-likeness (QED) is 0.568. The van der Waals surface area contributed by atoms with Gasteiger partial charge in [-0.15, -0.1) is 6.58 Å². The average Bonchev–Trinajstić information content (AvgIpc) is 1.85. The summed E-state index contributed by atoms with van der Waals surface area (Å²) in [6.07, 6.45) is 0. The van der Waals surface area contributed by atoms with Gasteiger partial charge in [0.1, 0.15) is 0 Å². The maximum absolute atomic E-state index is 4.04. The molecule has 0 aliphatic carbocycles. The summed E-state index contributed by atoms with van der Waals surface area (Å²) in [5.74, 6) is 0. The van der Waals surface area contributed by atoms with E-state index in [0.717, 1.165) is 0 Å². The van der Waals surface area contributed by atoms with E-state index in [1.54, 1.807) is 0 Å². The highest BCUT2D eigenvalue weighted by Gasteiger charge is 2.28. The fraction of sp³-hybridized carbons (Fsp3) is 0.750.